The van der Waals surface area contributed by atoms with Crippen LogP contribution >= 0.6 is 11.6 Å². The first-order valence-corrected chi connectivity index (χ1v) is 10.4. The van der Waals surface area contributed by atoms with Gasteiger partial charge in [0.1, 0.15) is 0 Å². The Labute approximate surface area is 182 Å². The molecule has 160 valence electrons. The molecule has 12 nitrogen and oxygen atoms in total. The summed E-state index contributed by atoms with van der Waals surface area (Å²) >= 11 is 5.91. The van der Waals surface area contributed by atoms with Crippen molar-refractivity contribution in [3.8, 4) is 0 Å². The lowest BCUT2D eigenvalue weighted by molar-refractivity contribution is 0.601. The van der Waals surface area contributed by atoms with Crippen molar-refractivity contribution < 1.29 is 8.42 Å². The van der Waals surface area contributed by atoms with Gasteiger partial charge in [-0.2, -0.15) is 19.9 Å². The highest BCUT2D eigenvalue weighted by Crippen LogP contribution is 2.21. The van der Waals surface area contributed by atoms with E-state index in [0.29, 0.717) is 5.69 Å². The lowest BCUT2D eigenvalue weighted by Gasteiger charge is -2.09. The summed E-state index contributed by atoms with van der Waals surface area (Å²) in [6.07, 6.45) is 0. The van der Waals surface area contributed by atoms with Crippen molar-refractivity contribution in [1.82, 2.24) is 15.0 Å². The van der Waals surface area contributed by atoms with E-state index in [1.54, 1.807) is 12.1 Å². The van der Waals surface area contributed by atoms with Crippen LogP contribution in [0.3, 0.4) is 0 Å². The maximum Gasteiger partial charge on any atom is 0.264 e. The zero-order valence-corrected chi connectivity index (χ0v) is 17.3. The zero-order valence-electron chi connectivity index (χ0n) is 15.8. The Balaban J connectivity index is 1.85. The molecular formula is C17H17ClN10O2S. The Morgan fingerprint density at radius 1 is 0.935 bits per heavy atom. The number of halogens is 1. The molecule has 0 amide bonds. The number of nitrogens with two attached hydrogens (primary N) is 3. The number of rotatable bonds is 6. The molecule has 0 atom stereocenters. The number of hydrogen-bond acceptors (Lipinski definition) is 7. The van der Waals surface area contributed by atoms with E-state index >= 15 is 0 Å². The van der Waals surface area contributed by atoms with Crippen LogP contribution in [0.25, 0.3) is 0 Å². The van der Waals surface area contributed by atoms with Crippen molar-refractivity contribution in [2.24, 2.45) is 27.2 Å². The molecule has 0 bridgehead atoms. The van der Waals surface area contributed by atoms with E-state index in [-0.39, 0.29) is 39.7 Å². The number of aliphatic imine (C=N–C) groups is 2. The number of nitrogens with one attached hydrogen (secondary N) is 2. The van der Waals surface area contributed by atoms with E-state index in [0.717, 1.165) is 0 Å². The van der Waals surface area contributed by atoms with Crippen molar-refractivity contribution in [2.75, 3.05) is 10.0 Å². The highest BCUT2D eigenvalue weighted by molar-refractivity contribution is 7.92. The minimum atomic E-state index is -4.09. The summed E-state index contributed by atoms with van der Waals surface area (Å²) in [5.74, 6) is -0.721. The second-order valence-electron chi connectivity index (χ2n) is 5.85. The molecule has 31 heavy (non-hydrogen) atoms. The van der Waals surface area contributed by atoms with E-state index < -0.39 is 10.0 Å². The van der Waals surface area contributed by atoms with Crippen molar-refractivity contribution in [1.29, 1.82) is 0 Å². The number of hydrogen-bond donors (Lipinski definition) is 5. The Kier molecular flexibility index (Phi) is 6.47. The largest absolute Gasteiger partial charge is 0.370 e. The second-order valence-corrected chi connectivity index (χ2v) is 7.87. The van der Waals surface area contributed by atoms with E-state index in [1.807, 2.05) is 18.2 Å². The Hall–Kier alpha value is -3.97. The predicted octanol–water partition coefficient (Wildman–Crippen LogP) is 1.29. The molecule has 0 saturated carbocycles. The third-order valence-corrected chi connectivity index (χ3v) is 4.97. The van der Waals surface area contributed by atoms with Crippen LogP contribution in [0, 0.1) is 0 Å². The fourth-order valence-corrected chi connectivity index (χ4v) is 3.43. The highest BCUT2D eigenvalue weighted by atomic mass is 35.5. The number of aromatic nitrogens is 3. The minimum Gasteiger partial charge on any atom is -0.370 e. The van der Waals surface area contributed by atoms with Crippen LogP contribution in [0.2, 0.25) is 5.28 Å². The molecule has 1 aromatic heterocycles. The van der Waals surface area contributed by atoms with E-state index in [9.17, 15) is 8.42 Å². The van der Waals surface area contributed by atoms with Gasteiger partial charge in [-0.05, 0) is 41.9 Å². The van der Waals surface area contributed by atoms with Gasteiger partial charge in [0, 0.05) is 5.69 Å². The average Bonchev–Trinajstić information content (AvgIpc) is 2.67. The Morgan fingerprint density at radius 3 is 2.35 bits per heavy atom. The van der Waals surface area contributed by atoms with Gasteiger partial charge in [-0.1, -0.05) is 24.3 Å². The second kappa shape index (κ2) is 9.23. The molecule has 0 spiro atoms. The van der Waals surface area contributed by atoms with Gasteiger partial charge in [0.05, 0.1) is 10.6 Å². The van der Waals surface area contributed by atoms with Crippen LogP contribution in [0.4, 0.5) is 23.3 Å². The molecule has 0 aliphatic heterocycles. The molecule has 0 radical (unpaired) electrons. The molecule has 3 rings (SSSR count). The highest BCUT2D eigenvalue weighted by Gasteiger charge is 2.18. The minimum absolute atomic E-state index is 0.0623. The molecule has 2 aromatic carbocycles. The normalized spacial score (nSPS) is 11.6. The number of anilines is 3. The molecule has 14 heteroatoms. The van der Waals surface area contributed by atoms with E-state index in [1.165, 1.54) is 24.3 Å². The monoisotopic (exact) mass is 460 g/mol. The molecule has 1 heterocycles. The third kappa shape index (κ3) is 6.25. The first kappa shape index (κ1) is 21.7. The summed E-state index contributed by atoms with van der Waals surface area (Å²) in [6.45, 7) is 0. The molecular weight excluding hydrogens is 444 g/mol. The molecule has 0 fully saturated rings. The Morgan fingerprint density at radius 2 is 1.65 bits per heavy atom. The smallest absolute Gasteiger partial charge is 0.264 e. The fourth-order valence-electron chi connectivity index (χ4n) is 2.29. The van der Waals surface area contributed by atoms with Gasteiger partial charge in [-0.25, -0.2) is 18.1 Å². The molecule has 0 aliphatic carbocycles. The summed E-state index contributed by atoms with van der Waals surface area (Å²) in [7, 11) is -4.09. The molecule has 0 aliphatic rings. The average molecular weight is 461 g/mol. The number of guanidine groups is 2. The van der Waals surface area contributed by atoms with Crippen LogP contribution < -0.4 is 27.2 Å². The van der Waals surface area contributed by atoms with Gasteiger partial charge in [-0.15, -0.1) is 0 Å². The first-order chi connectivity index (χ1) is 14.7. The summed E-state index contributed by atoms with van der Waals surface area (Å²) in [5.41, 5.74) is 16.9. The predicted molar refractivity (Wildman–Crippen MR) is 119 cm³/mol. The molecule has 0 saturated heterocycles. The summed E-state index contributed by atoms with van der Waals surface area (Å²) < 4.78 is 27.8. The van der Waals surface area contributed by atoms with Crippen LogP contribution in [-0.4, -0.2) is 35.3 Å². The maximum absolute atomic E-state index is 12.8. The fraction of sp³-hybridized carbons (Fsp3) is 0. The van der Waals surface area contributed by atoms with Crippen molar-refractivity contribution in [3.63, 3.8) is 0 Å². The molecule has 0 unspecified atom stereocenters. The lowest BCUT2D eigenvalue weighted by atomic mass is 10.3. The van der Waals surface area contributed by atoms with Gasteiger partial charge >= 0.3 is 0 Å². The van der Waals surface area contributed by atoms with Crippen LogP contribution in [0.5, 0.6) is 0 Å². The van der Waals surface area contributed by atoms with Gasteiger partial charge in [0.2, 0.25) is 23.1 Å². The molecule has 8 N–H and O–H groups in total. The summed E-state index contributed by atoms with van der Waals surface area (Å²) in [5, 5.41) is 2.71. The van der Waals surface area contributed by atoms with E-state index in [2.05, 4.69) is 35.0 Å². The lowest BCUT2D eigenvalue weighted by Crippen LogP contribution is -2.26. The SMILES string of the molecule is NC(N)=NC(N)=Nc1cccc(S(=O)(=O)Nc2nc(Cl)nc(Nc3ccccc3)n2)c1. The van der Waals surface area contributed by atoms with Crippen molar-refractivity contribution in [2.45, 2.75) is 4.90 Å². The number of para-hydroxylation sites is 1. The third-order valence-electron chi connectivity index (χ3n) is 3.48. The van der Waals surface area contributed by atoms with Crippen LogP contribution in [0.15, 0.2) is 69.5 Å². The van der Waals surface area contributed by atoms with Gasteiger partial charge < -0.3 is 22.5 Å². The number of sulfonamides is 1. The number of nitrogens with zero attached hydrogens (tertiary/aromatic N) is 5. The van der Waals surface area contributed by atoms with Crippen LogP contribution in [-0.2, 0) is 10.0 Å². The summed E-state index contributed by atoms with van der Waals surface area (Å²) in [4.78, 5) is 19.2. The van der Waals surface area contributed by atoms with Crippen LogP contribution in [0.1, 0.15) is 0 Å². The van der Waals surface area contributed by atoms with Crippen molar-refractivity contribution in [3.05, 3.63) is 59.9 Å². The quantitative estimate of drug-likeness (QED) is 0.265. The maximum atomic E-state index is 12.8. The van der Waals surface area contributed by atoms with Gasteiger partial charge in [-0.3, -0.25) is 0 Å². The number of benzene rings is 2. The Bertz CT molecular complexity index is 1240. The summed E-state index contributed by atoms with van der Waals surface area (Å²) in [6, 6.07) is 14.6. The topological polar surface area (TPSA) is 200 Å². The first-order valence-electron chi connectivity index (χ1n) is 8.51. The van der Waals surface area contributed by atoms with Crippen molar-refractivity contribution >= 4 is 56.8 Å². The van der Waals surface area contributed by atoms with Gasteiger partial charge in [0.25, 0.3) is 10.0 Å². The standard InChI is InChI=1S/C17H17ClN10O2S/c18-13-24-16(23-10-5-2-1-3-6-10)27-17(25-13)28-31(29,30)12-8-4-7-11(9-12)22-15(21)26-14(19)20/h1-9H,(H6,19,20,21,22,26)(H2,23,24,25,27,28). The van der Waals surface area contributed by atoms with Gasteiger partial charge in [0.15, 0.2) is 5.96 Å². The van der Waals surface area contributed by atoms with E-state index in [4.69, 9.17) is 28.8 Å². The molecule has 3 aromatic rings. The zero-order chi connectivity index (χ0) is 22.4.